The molecule has 2 heterocycles. The van der Waals surface area contributed by atoms with Crippen molar-refractivity contribution in [1.82, 2.24) is 9.97 Å². The molecule has 0 radical (unpaired) electrons. The van der Waals surface area contributed by atoms with Crippen LogP contribution in [0, 0.1) is 11.3 Å². The fourth-order valence-electron chi connectivity index (χ4n) is 4.97. The third-order valence-electron chi connectivity index (χ3n) is 6.86. The molecule has 4 rings (SSSR count). The first kappa shape index (κ1) is 27.7. The summed E-state index contributed by atoms with van der Waals surface area (Å²) in [5.41, 5.74) is 0. The van der Waals surface area contributed by atoms with E-state index in [0.717, 1.165) is 10.4 Å². The van der Waals surface area contributed by atoms with Crippen molar-refractivity contribution in [2.45, 2.75) is 50.2 Å². The number of methoxy groups -OCH3 is 1. The van der Waals surface area contributed by atoms with Gasteiger partial charge in [0.2, 0.25) is 11.7 Å². The zero-order chi connectivity index (χ0) is 27.3. The van der Waals surface area contributed by atoms with Gasteiger partial charge in [0, 0.05) is 6.07 Å². The van der Waals surface area contributed by atoms with E-state index < -0.39 is 32.7 Å². The summed E-state index contributed by atoms with van der Waals surface area (Å²) in [7, 11) is -1.40. The van der Waals surface area contributed by atoms with Crippen molar-refractivity contribution >= 4 is 24.5 Å². The van der Waals surface area contributed by atoms with E-state index in [4.69, 9.17) is 13.9 Å². The molecular formula is C28H34N4O5Si. The van der Waals surface area contributed by atoms with Crippen LogP contribution in [-0.4, -0.2) is 73.2 Å². The van der Waals surface area contributed by atoms with Crippen molar-refractivity contribution < 1.29 is 24.1 Å². The topological polar surface area (TPSA) is 130 Å². The molecule has 1 aliphatic rings. The predicted molar refractivity (Wildman–Crippen MR) is 146 cm³/mol. The van der Waals surface area contributed by atoms with Gasteiger partial charge in [-0.1, -0.05) is 81.4 Å². The van der Waals surface area contributed by atoms with E-state index in [1.54, 1.807) is 0 Å². The van der Waals surface area contributed by atoms with Gasteiger partial charge in [-0.05, 0) is 15.4 Å². The van der Waals surface area contributed by atoms with Crippen LogP contribution in [-0.2, 0) is 9.16 Å². The quantitative estimate of drug-likeness (QED) is 0.371. The molecule has 9 nitrogen and oxygen atoms in total. The number of hydrogen-bond acceptors (Lipinski definition) is 9. The zero-order valence-electron chi connectivity index (χ0n) is 22.0. The molecule has 1 saturated heterocycles. The highest BCUT2D eigenvalue weighted by Gasteiger charge is 2.51. The van der Waals surface area contributed by atoms with E-state index >= 15 is 0 Å². The largest absolute Gasteiger partial charge is 0.481 e. The summed E-state index contributed by atoms with van der Waals surface area (Å²) in [4.78, 5) is 8.04. The molecule has 1 aromatic heterocycles. The van der Waals surface area contributed by atoms with Gasteiger partial charge in [0.15, 0.2) is 0 Å². The monoisotopic (exact) mass is 534 g/mol. The van der Waals surface area contributed by atoms with Crippen LogP contribution in [0.4, 0.5) is 5.82 Å². The van der Waals surface area contributed by atoms with Crippen LogP contribution in [0.3, 0.4) is 0 Å². The molecule has 38 heavy (non-hydrogen) atoms. The first-order valence-corrected chi connectivity index (χ1v) is 14.4. The summed E-state index contributed by atoms with van der Waals surface area (Å²) in [6.45, 7) is 6.74. The van der Waals surface area contributed by atoms with E-state index in [9.17, 15) is 15.5 Å². The van der Waals surface area contributed by atoms with Crippen molar-refractivity contribution in [2.24, 2.45) is 0 Å². The maximum absolute atomic E-state index is 11.0. The number of rotatable bonds is 8. The lowest BCUT2D eigenvalue weighted by Gasteiger charge is -2.45. The van der Waals surface area contributed by atoms with Gasteiger partial charge in [-0.3, -0.25) is 0 Å². The number of aliphatic hydroxyl groups is 2. The first-order chi connectivity index (χ1) is 18.2. The molecule has 2 aromatic carbocycles. The van der Waals surface area contributed by atoms with E-state index in [1.165, 1.54) is 13.2 Å². The van der Waals surface area contributed by atoms with Crippen molar-refractivity contribution in [1.29, 1.82) is 5.26 Å². The molecule has 0 aliphatic carbocycles. The Bertz CT molecular complexity index is 1210. The number of aromatic nitrogens is 2. The maximum Gasteiger partial charge on any atom is 0.261 e. The molecule has 0 spiro atoms. The van der Waals surface area contributed by atoms with Crippen LogP contribution in [0.5, 0.6) is 5.88 Å². The Morgan fingerprint density at radius 1 is 1.03 bits per heavy atom. The van der Waals surface area contributed by atoms with Gasteiger partial charge in [0.25, 0.3) is 8.32 Å². The smallest absolute Gasteiger partial charge is 0.261 e. The Hall–Kier alpha value is -3.33. The minimum atomic E-state index is -2.83. The highest BCUT2D eigenvalue weighted by Crippen LogP contribution is 2.37. The molecular weight excluding hydrogens is 500 g/mol. The minimum absolute atomic E-state index is 0.0739. The number of nitrogens with zero attached hydrogens (tertiary/aromatic N) is 3. The predicted octanol–water partition coefficient (Wildman–Crippen LogP) is 1.83. The van der Waals surface area contributed by atoms with Crippen LogP contribution in [0.1, 0.15) is 26.6 Å². The first-order valence-electron chi connectivity index (χ1n) is 12.5. The number of ether oxygens (including phenoxy) is 2. The average Bonchev–Trinajstić information content (AvgIpc) is 2.93. The molecule has 1 aliphatic heterocycles. The summed E-state index contributed by atoms with van der Waals surface area (Å²) >= 11 is 0. The van der Waals surface area contributed by atoms with E-state index in [0.29, 0.717) is 0 Å². The molecule has 1 fully saturated rings. The van der Waals surface area contributed by atoms with Gasteiger partial charge >= 0.3 is 0 Å². The molecule has 10 heteroatoms. The third-order valence-corrected chi connectivity index (χ3v) is 11.9. The second-order valence-electron chi connectivity index (χ2n) is 10.3. The standard InChI is InChI=1S/C28H34N4O5Si/c1-28(2,3)38(19-11-7-5-8-12-19,20-13-9-6-10-14-20)37-18-22-27(34)26(33)21(17-36-22)30-23-15-25(35-4)32-24(16-29)31-23/h5-15,21-22,26-27,33-34H,17-18H2,1-4H3,(H,30,31,32)/t21-,22+,26+,27-/m0/s1. The lowest BCUT2D eigenvalue weighted by atomic mass is 9.98. The fourth-order valence-corrected chi connectivity index (χ4v) is 9.54. The van der Waals surface area contributed by atoms with Gasteiger partial charge in [-0.15, -0.1) is 0 Å². The molecule has 0 bridgehead atoms. The van der Waals surface area contributed by atoms with E-state index in [2.05, 4.69) is 60.3 Å². The van der Waals surface area contributed by atoms with Crippen molar-refractivity contribution in [2.75, 3.05) is 25.6 Å². The summed E-state index contributed by atoms with van der Waals surface area (Å²) < 4.78 is 18.0. The third kappa shape index (κ3) is 5.57. The van der Waals surface area contributed by atoms with Crippen LogP contribution in [0.2, 0.25) is 5.04 Å². The lowest BCUT2D eigenvalue weighted by Crippen LogP contribution is -2.68. The van der Waals surface area contributed by atoms with Gasteiger partial charge in [-0.2, -0.15) is 10.2 Å². The van der Waals surface area contributed by atoms with E-state index in [-0.39, 0.29) is 35.8 Å². The van der Waals surface area contributed by atoms with Crippen LogP contribution < -0.4 is 20.4 Å². The number of nitrogens with one attached hydrogen (secondary N) is 1. The Balaban J connectivity index is 1.55. The van der Waals surface area contributed by atoms with Gasteiger partial charge in [0.1, 0.15) is 30.2 Å². The van der Waals surface area contributed by atoms with Gasteiger partial charge in [-0.25, -0.2) is 4.98 Å². The molecule has 0 amide bonds. The number of nitriles is 1. The van der Waals surface area contributed by atoms with Crippen molar-refractivity contribution in [3.05, 3.63) is 72.6 Å². The Labute approximate surface area is 224 Å². The number of aliphatic hydroxyl groups excluding tert-OH is 2. The molecule has 200 valence electrons. The van der Waals surface area contributed by atoms with Gasteiger partial charge < -0.3 is 29.4 Å². The number of benzene rings is 2. The Morgan fingerprint density at radius 2 is 1.63 bits per heavy atom. The molecule has 3 N–H and O–H groups in total. The molecule has 4 atom stereocenters. The molecule has 0 unspecified atom stereocenters. The second kappa shape index (κ2) is 11.6. The Kier molecular flexibility index (Phi) is 8.45. The summed E-state index contributed by atoms with van der Waals surface area (Å²) in [6, 6.07) is 23.2. The summed E-state index contributed by atoms with van der Waals surface area (Å²) in [5, 5.41) is 36.2. The van der Waals surface area contributed by atoms with Crippen LogP contribution in [0.15, 0.2) is 66.7 Å². The normalized spacial score (nSPS) is 21.9. The molecule has 0 saturated carbocycles. The zero-order valence-corrected chi connectivity index (χ0v) is 23.0. The highest BCUT2D eigenvalue weighted by atomic mass is 28.4. The SMILES string of the molecule is COc1cc(N[C@H]2CO[C@H](CO[Si](c3ccccc3)(c3ccccc3)C(C)(C)C)[C@H](O)[C@@H]2O)nc(C#N)n1. The number of hydrogen-bond donors (Lipinski definition) is 3. The Morgan fingerprint density at radius 3 is 2.16 bits per heavy atom. The second-order valence-corrected chi connectivity index (χ2v) is 14.6. The number of anilines is 1. The lowest BCUT2D eigenvalue weighted by molar-refractivity contribution is -0.150. The van der Waals surface area contributed by atoms with E-state index in [1.807, 2.05) is 42.5 Å². The fraction of sp³-hybridized carbons (Fsp3) is 0.393. The summed E-state index contributed by atoms with van der Waals surface area (Å²) in [5.74, 6) is 0.424. The molecule has 3 aromatic rings. The van der Waals surface area contributed by atoms with Crippen LogP contribution in [0.25, 0.3) is 0 Å². The van der Waals surface area contributed by atoms with Crippen LogP contribution >= 0.6 is 0 Å². The minimum Gasteiger partial charge on any atom is -0.481 e. The van der Waals surface area contributed by atoms with Crippen molar-refractivity contribution in [3.63, 3.8) is 0 Å². The summed E-state index contributed by atoms with van der Waals surface area (Å²) in [6.07, 6.45) is -3.11. The highest BCUT2D eigenvalue weighted by molar-refractivity contribution is 6.99. The maximum atomic E-state index is 11.0. The van der Waals surface area contributed by atoms with Gasteiger partial charge in [0.05, 0.1) is 26.4 Å². The average molecular weight is 535 g/mol. The van der Waals surface area contributed by atoms with Crippen molar-refractivity contribution in [3.8, 4) is 11.9 Å².